The zero-order valence-corrected chi connectivity index (χ0v) is 19.0. The number of nitrogens with zero attached hydrogens (tertiary/aromatic N) is 1. The lowest BCUT2D eigenvalue weighted by Gasteiger charge is -2.14. The number of carbonyl (C=O) groups excluding carboxylic acids is 2. The Morgan fingerprint density at radius 1 is 1.16 bits per heavy atom. The summed E-state index contributed by atoms with van der Waals surface area (Å²) in [7, 11) is 0. The minimum Gasteiger partial charge on any atom is -0.491 e. The fourth-order valence-electron chi connectivity index (χ4n) is 3.14. The van der Waals surface area contributed by atoms with Gasteiger partial charge in [0.2, 0.25) is 5.88 Å². The average molecular weight is 453 g/mol. The van der Waals surface area contributed by atoms with Gasteiger partial charge in [-0.1, -0.05) is 29.8 Å². The first-order valence-electron chi connectivity index (χ1n) is 10.3. The van der Waals surface area contributed by atoms with Crippen LogP contribution >= 0.6 is 11.6 Å². The van der Waals surface area contributed by atoms with E-state index in [-0.39, 0.29) is 18.6 Å². The third kappa shape index (κ3) is 5.86. The van der Waals surface area contributed by atoms with E-state index in [4.69, 9.17) is 21.1 Å². The van der Waals surface area contributed by atoms with Crippen molar-refractivity contribution in [1.82, 2.24) is 10.3 Å². The SMILES string of the molecule is CCOc1ncc(-c2cccc(C=O)c2)cc1CNC(=O)c1ccc(OC(C)C)cc1Cl. The first-order valence-corrected chi connectivity index (χ1v) is 10.7. The zero-order chi connectivity index (χ0) is 23.1. The summed E-state index contributed by atoms with van der Waals surface area (Å²) in [5, 5.41) is 3.18. The van der Waals surface area contributed by atoms with Gasteiger partial charge in [0.1, 0.15) is 12.0 Å². The number of rotatable bonds is 9. The van der Waals surface area contributed by atoms with Crippen molar-refractivity contribution in [1.29, 1.82) is 0 Å². The number of benzene rings is 2. The largest absolute Gasteiger partial charge is 0.491 e. The van der Waals surface area contributed by atoms with Gasteiger partial charge in [0, 0.05) is 29.4 Å². The van der Waals surface area contributed by atoms with Gasteiger partial charge < -0.3 is 14.8 Å². The number of amides is 1. The van der Waals surface area contributed by atoms with Gasteiger partial charge in [-0.3, -0.25) is 9.59 Å². The van der Waals surface area contributed by atoms with Crippen LogP contribution in [-0.2, 0) is 6.54 Å². The number of halogens is 1. The highest BCUT2D eigenvalue weighted by Crippen LogP contribution is 2.26. The lowest BCUT2D eigenvalue weighted by Crippen LogP contribution is -2.23. The van der Waals surface area contributed by atoms with Crippen LogP contribution in [0.2, 0.25) is 5.02 Å². The Labute approximate surface area is 192 Å². The molecule has 0 aliphatic carbocycles. The molecule has 0 radical (unpaired) electrons. The average Bonchev–Trinajstić information content (AvgIpc) is 2.78. The summed E-state index contributed by atoms with van der Waals surface area (Å²) in [6, 6.07) is 14.1. The second kappa shape index (κ2) is 10.8. The van der Waals surface area contributed by atoms with Crippen molar-refractivity contribution in [3.05, 3.63) is 76.4 Å². The summed E-state index contributed by atoms with van der Waals surface area (Å²) in [6.07, 6.45) is 2.49. The molecule has 0 saturated heterocycles. The molecular formula is C25H25ClN2O4. The van der Waals surface area contributed by atoms with E-state index in [1.807, 2.05) is 39.0 Å². The van der Waals surface area contributed by atoms with Crippen molar-refractivity contribution in [3.63, 3.8) is 0 Å². The Kier molecular flexibility index (Phi) is 7.84. The van der Waals surface area contributed by atoms with Gasteiger partial charge in [-0.2, -0.15) is 0 Å². The molecule has 0 bridgehead atoms. The van der Waals surface area contributed by atoms with Crippen LogP contribution in [-0.4, -0.2) is 29.9 Å². The van der Waals surface area contributed by atoms with E-state index in [1.165, 1.54) is 0 Å². The van der Waals surface area contributed by atoms with Gasteiger partial charge in [-0.15, -0.1) is 0 Å². The Morgan fingerprint density at radius 3 is 2.66 bits per heavy atom. The van der Waals surface area contributed by atoms with Crippen molar-refractivity contribution in [2.24, 2.45) is 0 Å². The molecule has 1 heterocycles. The summed E-state index contributed by atoms with van der Waals surface area (Å²) in [6.45, 7) is 6.34. The van der Waals surface area contributed by atoms with Crippen LogP contribution in [0.5, 0.6) is 11.6 Å². The Balaban J connectivity index is 1.81. The zero-order valence-electron chi connectivity index (χ0n) is 18.2. The van der Waals surface area contributed by atoms with Crippen molar-refractivity contribution in [2.75, 3.05) is 6.61 Å². The second-order valence-electron chi connectivity index (χ2n) is 7.36. The number of pyridine rings is 1. The predicted octanol–water partition coefficient (Wildman–Crippen LogP) is 5.33. The van der Waals surface area contributed by atoms with Gasteiger partial charge in [0.25, 0.3) is 5.91 Å². The summed E-state index contributed by atoms with van der Waals surface area (Å²) in [5.74, 6) is 0.728. The molecule has 1 amide bonds. The van der Waals surface area contributed by atoms with E-state index in [2.05, 4.69) is 10.3 Å². The number of hydrogen-bond acceptors (Lipinski definition) is 5. The van der Waals surface area contributed by atoms with Crippen LogP contribution in [0.4, 0.5) is 0 Å². The summed E-state index contributed by atoms with van der Waals surface area (Å²) >= 11 is 6.30. The quantitative estimate of drug-likeness (QED) is 0.444. The van der Waals surface area contributed by atoms with Gasteiger partial charge in [0.05, 0.1) is 23.3 Å². The minimum absolute atomic E-state index is 0.00901. The van der Waals surface area contributed by atoms with Gasteiger partial charge in [-0.05, 0) is 56.7 Å². The molecule has 0 atom stereocenters. The maximum absolute atomic E-state index is 12.7. The van der Waals surface area contributed by atoms with E-state index in [1.54, 1.807) is 36.5 Å². The van der Waals surface area contributed by atoms with Crippen LogP contribution in [0, 0.1) is 0 Å². The molecule has 0 aliphatic rings. The predicted molar refractivity (Wildman–Crippen MR) is 125 cm³/mol. The van der Waals surface area contributed by atoms with Crippen LogP contribution < -0.4 is 14.8 Å². The minimum atomic E-state index is -0.318. The molecule has 1 aromatic heterocycles. The molecule has 1 N–H and O–H groups in total. The molecule has 0 fully saturated rings. The summed E-state index contributed by atoms with van der Waals surface area (Å²) < 4.78 is 11.2. The van der Waals surface area contributed by atoms with E-state index >= 15 is 0 Å². The molecule has 0 spiro atoms. The fourth-order valence-corrected chi connectivity index (χ4v) is 3.39. The number of aldehydes is 1. The molecule has 32 heavy (non-hydrogen) atoms. The Bertz CT molecular complexity index is 1110. The number of hydrogen-bond donors (Lipinski definition) is 1. The number of ether oxygens (including phenoxy) is 2. The fraction of sp³-hybridized carbons (Fsp3) is 0.240. The van der Waals surface area contributed by atoms with Crippen LogP contribution in [0.25, 0.3) is 11.1 Å². The van der Waals surface area contributed by atoms with Gasteiger partial charge in [0.15, 0.2) is 0 Å². The summed E-state index contributed by atoms with van der Waals surface area (Å²) in [4.78, 5) is 28.3. The van der Waals surface area contributed by atoms with Crippen molar-refractivity contribution in [3.8, 4) is 22.8 Å². The number of carbonyl (C=O) groups is 2. The monoisotopic (exact) mass is 452 g/mol. The first kappa shape index (κ1) is 23.3. The molecule has 3 aromatic rings. The molecule has 6 nitrogen and oxygen atoms in total. The molecule has 2 aromatic carbocycles. The van der Waals surface area contributed by atoms with E-state index in [0.717, 1.165) is 17.4 Å². The topological polar surface area (TPSA) is 77.5 Å². The molecule has 3 rings (SSSR count). The molecule has 166 valence electrons. The van der Waals surface area contributed by atoms with Crippen molar-refractivity contribution < 1.29 is 19.1 Å². The third-order valence-corrected chi connectivity index (χ3v) is 4.87. The van der Waals surface area contributed by atoms with Gasteiger partial charge in [-0.25, -0.2) is 4.98 Å². The molecule has 0 saturated carbocycles. The van der Waals surface area contributed by atoms with Crippen molar-refractivity contribution in [2.45, 2.75) is 33.4 Å². The Hall–Kier alpha value is -3.38. The highest BCUT2D eigenvalue weighted by atomic mass is 35.5. The van der Waals surface area contributed by atoms with Crippen LogP contribution in [0.3, 0.4) is 0 Å². The maximum Gasteiger partial charge on any atom is 0.253 e. The highest BCUT2D eigenvalue weighted by Gasteiger charge is 2.14. The Morgan fingerprint density at radius 2 is 1.97 bits per heavy atom. The number of aromatic nitrogens is 1. The summed E-state index contributed by atoms with van der Waals surface area (Å²) in [5.41, 5.74) is 3.30. The van der Waals surface area contributed by atoms with Crippen LogP contribution in [0.1, 0.15) is 47.1 Å². The second-order valence-corrected chi connectivity index (χ2v) is 7.76. The lowest BCUT2D eigenvalue weighted by atomic mass is 10.0. The van der Waals surface area contributed by atoms with E-state index < -0.39 is 0 Å². The molecule has 7 heteroatoms. The highest BCUT2D eigenvalue weighted by molar-refractivity contribution is 6.34. The van der Waals surface area contributed by atoms with E-state index in [9.17, 15) is 9.59 Å². The third-order valence-electron chi connectivity index (χ3n) is 4.56. The maximum atomic E-state index is 12.7. The van der Waals surface area contributed by atoms with Crippen molar-refractivity contribution >= 4 is 23.8 Å². The first-order chi connectivity index (χ1) is 15.4. The smallest absolute Gasteiger partial charge is 0.253 e. The molecule has 0 aliphatic heterocycles. The van der Waals surface area contributed by atoms with Gasteiger partial charge >= 0.3 is 0 Å². The lowest BCUT2D eigenvalue weighted by molar-refractivity contribution is 0.0950. The van der Waals surface area contributed by atoms with E-state index in [0.29, 0.717) is 39.9 Å². The van der Waals surface area contributed by atoms with Crippen LogP contribution in [0.15, 0.2) is 54.7 Å². The number of nitrogens with one attached hydrogen (secondary N) is 1. The standard InChI is InChI=1S/C25H25ClN2O4/c1-4-31-25-20(11-19(13-28-25)18-7-5-6-17(10-18)15-29)14-27-24(30)22-9-8-21(12-23(22)26)32-16(2)3/h5-13,15-16H,4,14H2,1-3H3,(H,27,30). The molecule has 0 unspecified atom stereocenters. The molecular weight excluding hydrogens is 428 g/mol. The normalized spacial score (nSPS) is 10.7.